The van der Waals surface area contributed by atoms with E-state index in [0.29, 0.717) is 6.54 Å². The van der Waals surface area contributed by atoms with Crippen LogP contribution >= 0.6 is 0 Å². The number of hydrogen-bond donors (Lipinski definition) is 2. The summed E-state index contributed by atoms with van der Waals surface area (Å²) >= 11 is 0. The topological polar surface area (TPSA) is 80.9 Å². The zero-order chi connectivity index (χ0) is 13.0. The summed E-state index contributed by atoms with van der Waals surface area (Å²) in [5, 5.41) is 2.59. The Hall–Kier alpha value is -2.50. The quantitative estimate of drug-likeness (QED) is 0.850. The molecule has 0 saturated carbocycles. The SMILES string of the molecule is Nc1nccc(C(=O)NCc2ccncc2)c1F. The number of nitrogen functional groups attached to an aromatic ring is 1. The number of pyridine rings is 2. The number of carbonyl (C=O) groups excluding carboxylic acids is 1. The van der Waals surface area contributed by atoms with Crippen LogP contribution in [-0.4, -0.2) is 15.9 Å². The Kier molecular flexibility index (Phi) is 3.47. The average Bonchev–Trinajstić information content (AvgIpc) is 2.40. The summed E-state index contributed by atoms with van der Waals surface area (Å²) in [7, 11) is 0. The lowest BCUT2D eigenvalue weighted by Gasteiger charge is -2.06. The lowest BCUT2D eigenvalue weighted by molar-refractivity contribution is 0.0947. The molecule has 2 aromatic rings. The van der Waals surface area contributed by atoms with Crippen LogP contribution in [-0.2, 0) is 6.54 Å². The molecule has 5 nitrogen and oxygen atoms in total. The largest absolute Gasteiger partial charge is 0.381 e. The van der Waals surface area contributed by atoms with Crippen molar-refractivity contribution >= 4 is 11.7 Å². The molecule has 18 heavy (non-hydrogen) atoms. The van der Waals surface area contributed by atoms with Crippen molar-refractivity contribution in [1.82, 2.24) is 15.3 Å². The van der Waals surface area contributed by atoms with Gasteiger partial charge in [0.2, 0.25) is 0 Å². The zero-order valence-corrected chi connectivity index (χ0v) is 9.43. The molecule has 2 heterocycles. The number of carbonyl (C=O) groups is 1. The summed E-state index contributed by atoms with van der Waals surface area (Å²) in [4.78, 5) is 19.2. The third-order valence-corrected chi connectivity index (χ3v) is 2.36. The maximum atomic E-state index is 13.5. The van der Waals surface area contributed by atoms with E-state index >= 15 is 0 Å². The monoisotopic (exact) mass is 246 g/mol. The van der Waals surface area contributed by atoms with Crippen molar-refractivity contribution in [3.05, 3.63) is 53.7 Å². The van der Waals surface area contributed by atoms with Gasteiger partial charge in [-0.3, -0.25) is 9.78 Å². The first-order valence-electron chi connectivity index (χ1n) is 5.25. The Morgan fingerprint density at radius 2 is 2.00 bits per heavy atom. The number of anilines is 1. The number of rotatable bonds is 3. The van der Waals surface area contributed by atoms with Gasteiger partial charge < -0.3 is 11.1 Å². The van der Waals surface area contributed by atoms with E-state index < -0.39 is 11.7 Å². The number of nitrogens with two attached hydrogens (primary N) is 1. The molecule has 0 atom stereocenters. The Labute approximate surface area is 103 Å². The van der Waals surface area contributed by atoms with Crippen LogP contribution < -0.4 is 11.1 Å². The van der Waals surface area contributed by atoms with Crippen LogP contribution in [0.15, 0.2) is 36.8 Å². The summed E-state index contributed by atoms with van der Waals surface area (Å²) in [5.74, 6) is -1.62. The van der Waals surface area contributed by atoms with E-state index in [2.05, 4.69) is 15.3 Å². The number of hydrogen-bond acceptors (Lipinski definition) is 4. The van der Waals surface area contributed by atoms with E-state index in [1.807, 2.05) is 0 Å². The van der Waals surface area contributed by atoms with Crippen LogP contribution in [0, 0.1) is 5.82 Å². The highest BCUT2D eigenvalue weighted by Crippen LogP contribution is 2.11. The molecule has 3 N–H and O–H groups in total. The van der Waals surface area contributed by atoms with Gasteiger partial charge in [-0.2, -0.15) is 0 Å². The van der Waals surface area contributed by atoms with E-state index in [0.717, 1.165) is 5.56 Å². The number of halogens is 1. The summed E-state index contributed by atoms with van der Waals surface area (Å²) in [6, 6.07) is 4.81. The van der Waals surface area contributed by atoms with E-state index in [1.165, 1.54) is 12.3 Å². The molecule has 0 aromatic carbocycles. The first-order chi connectivity index (χ1) is 8.68. The predicted octanol–water partition coefficient (Wildman–Crippen LogP) is 1.13. The minimum atomic E-state index is -0.801. The summed E-state index contributed by atoms with van der Waals surface area (Å²) in [6.07, 6.45) is 4.53. The molecular weight excluding hydrogens is 235 g/mol. The molecule has 0 unspecified atom stereocenters. The molecule has 2 rings (SSSR count). The van der Waals surface area contributed by atoms with Gasteiger partial charge in [0.15, 0.2) is 11.6 Å². The van der Waals surface area contributed by atoms with Crippen molar-refractivity contribution in [3.8, 4) is 0 Å². The maximum Gasteiger partial charge on any atom is 0.254 e. The van der Waals surface area contributed by atoms with Crippen LogP contribution in [0.1, 0.15) is 15.9 Å². The van der Waals surface area contributed by atoms with Crippen molar-refractivity contribution in [1.29, 1.82) is 0 Å². The third kappa shape index (κ3) is 2.60. The zero-order valence-electron chi connectivity index (χ0n) is 9.43. The number of amides is 1. The molecule has 2 aromatic heterocycles. The second kappa shape index (κ2) is 5.22. The van der Waals surface area contributed by atoms with Gasteiger partial charge in [-0.15, -0.1) is 0 Å². The minimum absolute atomic E-state index is 0.114. The Morgan fingerprint density at radius 3 is 2.72 bits per heavy atom. The predicted molar refractivity (Wildman–Crippen MR) is 64.0 cm³/mol. The smallest absolute Gasteiger partial charge is 0.254 e. The second-order valence-corrected chi connectivity index (χ2v) is 3.60. The van der Waals surface area contributed by atoms with E-state index in [4.69, 9.17) is 5.73 Å². The molecule has 0 bridgehead atoms. The molecule has 0 saturated heterocycles. The minimum Gasteiger partial charge on any atom is -0.381 e. The van der Waals surface area contributed by atoms with Crippen LogP contribution in [0.2, 0.25) is 0 Å². The molecule has 0 aliphatic carbocycles. The first-order valence-corrected chi connectivity index (χ1v) is 5.25. The van der Waals surface area contributed by atoms with Crippen molar-refractivity contribution in [3.63, 3.8) is 0 Å². The standard InChI is InChI=1S/C12H11FN4O/c13-10-9(3-6-16-11(10)14)12(18)17-7-8-1-4-15-5-2-8/h1-6H,7H2,(H2,14,16)(H,17,18). The first kappa shape index (κ1) is 12.0. The number of aromatic nitrogens is 2. The van der Waals surface area contributed by atoms with Crippen LogP contribution in [0.3, 0.4) is 0 Å². The Morgan fingerprint density at radius 1 is 1.28 bits per heavy atom. The van der Waals surface area contributed by atoms with Gasteiger partial charge in [0.05, 0.1) is 5.56 Å². The normalized spacial score (nSPS) is 10.1. The van der Waals surface area contributed by atoms with Gasteiger partial charge in [0.1, 0.15) is 0 Å². The summed E-state index contributed by atoms with van der Waals surface area (Å²) < 4.78 is 13.5. The van der Waals surface area contributed by atoms with Crippen LogP contribution in [0.25, 0.3) is 0 Å². The molecule has 0 aliphatic heterocycles. The van der Waals surface area contributed by atoms with Crippen LogP contribution in [0.5, 0.6) is 0 Å². The fraction of sp³-hybridized carbons (Fsp3) is 0.0833. The molecular formula is C12H11FN4O. The van der Waals surface area contributed by atoms with Gasteiger partial charge in [-0.05, 0) is 23.8 Å². The van der Waals surface area contributed by atoms with E-state index in [-0.39, 0.29) is 11.4 Å². The molecule has 6 heteroatoms. The third-order valence-electron chi connectivity index (χ3n) is 2.36. The highest BCUT2D eigenvalue weighted by Gasteiger charge is 2.13. The summed E-state index contributed by atoms with van der Waals surface area (Å²) in [6.45, 7) is 0.295. The number of nitrogens with zero attached hydrogens (tertiary/aromatic N) is 2. The van der Waals surface area contributed by atoms with Crippen molar-refractivity contribution < 1.29 is 9.18 Å². The lowest BCUT2D eigenvalue weighted by atomic mass is 10.2. The lowest BCUT2D eigenvalue weighted by Crippen LogP contribution is -2.24. The van der Waals surface area contributed by atoms with Crippen molar-refractivity contribution in [2.75, 3.05) is 5.73 Å². The molecule has 1 amide bonds. The fourth-order valence-electron chi connectivity index (χ4n) is 1.41. The molecule has 0 spiro atoms. The van der Waals surface area contributed by atoms with Gasteiger partial charge in [0, 0.05) is 25.1 Å². The van der Waals surface area contributed by atoms with E-state index in [9.17, 15) is 9.18 Å². The summed E-state index contributed by atoms with van der Waals surface area (Å²) in [5.41, 5.74) is 6.05. The molecule has 0 fully saturated rings. The van der Waals surface area contributed by atoms with Crippen LogP contribution in [0.4, 0.5) is 10.2 Å². The Bertz CT molecular complexity index is 559. The average molecular weight is 246 g/mol. The highest BCUT2D eigenvalue weighted by molar-refractivity contribution is 5.95. The second-order valence-electron chi connectivity index (χ2n) is 3.60. The van der Waals surface area contributed by atoms with Crippen molar-refractivity contribution in [2.45, 2.75) is 6.54 Å². The highest BCUT2D eigenvalue weighted by atomic mass is 19.1. The molecule has 92 valence electrons. The van der Waals surface area contributed by atoms with Gasteiger partial charge in [-0.1, -0.05) is 0 Å². The van der Waals surface area contributed by atoms with Gasteiger partial charge in [0.25, 0.3) is 5.91 Å². The molecule has 0 aliphatic rings. The molecule has 0 radical (unpaired) electrons. The maximum absolute atomic E-state index is 13.5. The number of nitrogens with one attached hydrogen (secondary N) is 1. The van der Waals surface area contributed by atoms with Gasteiger partial charge >= 0.3 is 0 Å². The van der Waals surface area contributed by atoms with Gasteiger partial charge in [-0.25, -0.2) is 9.37 Å². The van der Waals surface area contributed by atoms with E-state index in [1.54, 1.807) is 24.5 Å². The van der Waals surface area contributed by atoms with Crippen molar-refractivity contribution in [2.24, 2.45) is 0 Å². The fourth-order valence-corrected chi connectivity index (χ4v) is 1.41. The Balaban J connectivity index is 2.07.